The maximum absolute atomic E-state index is 11.0. The zero-order chi connectivity index (χ0) is 13.0. The Morgan fingerprint density at radius 3 is 2.83 bits per heavy atom. The molecule has 1 saturated carbocycles. The number of rotatable bonds is 4. The zero-order valence-corrected chi connectivity index (χ0v) is 10.9. The summed E-state index contributed by atoms with van der Waals surface area (Å²) in [5, 5.41) is 3.48. The second kappa shape index (κ2) is 5.85. The minimum atomic E-state index is -0.432. The number of nitrogens with zero attached hydrogens (tertiary/aromatic N) is 1. The molecule has 1 aromatic rings. The van der Waals surface area contributed by atoms with Gasteiger partial charge >= 0.3 is 0 Å². The minimum absolute atomic E-state index is 0.432. The third kappa shape index (κ3) is 3.00. The highest BCUT2D eigenvalue weighted by molar-refractivity contribution is 5.92. The lowest BCUT2D eigenvalue weighted by Gasteiger charge is -2.31. The van der Waals surface area contributed by atoms with Crippen LogP contribution >= 0.6 is 0 Å². The van der Waals surface area contributed by atoms with Gasteiger partial charge in [-0.3, -0.25) is 4.79 Å². The van der Waals surface area contributed by atoms with Crippen LogP contribution in [0.2, 0.25) is 0 Å². The number of hydrogen-bond acceptors (Lipinski definition) is 3. The van der Waals surface area contributed by atoms with Gasteiger partial charge in [-0.25, -0.2) is 4.98 Å². The lowest BCUT2D eigenvalue weighted by molar-refractivity contribution is 0.1000. The fraction of sp³-hybridized carbons (Fsp3) is 0.571. The van der Waals surface area contributed by atoms with E-state index < -0.39 is 5.91 Å². The van der Waals surface area contributed by atoms with Crippen LogP contribution in [-0.2, 0) is 0 Å². The van der Waals surface area contributed by atoms with Crippen LogP contribution in [0.3, 0.4) is 0 Å². The molecule has 1 amide bonds. The van der Waals surface area contributed by atoms with Gasteiger partial charge in [-0.05, 0) is 30.9 Å². The lowest BCUT2D eigenvalue weighted by Crippen LogP contribution is -2.32. The maximum Gasteiger partial charge on any atom is 0.250 e. The molecule has 1 heterocycles. The van der Waals surface area contributed by atoms with Gasteiger partial charge in [0.1, 0.15) is 5.82 Å². The second-order valence-corrected chi connectivity index (χ2v) is 5.00. The fourth-order valence-electron chi connectivity index (χ4n) is 2.70. The lowest BCUT2D eigenvalue weighted by atomic mass is 9.83. The number of nitrogens with two attached hydrogens (primary N) is 1. The van der Waals surface area contributed by atoms with E-state index in [-0.39, 0.29) is 0 Å². The highest BCUT2D eigenvalue weighted by Gasteiger charge is 2.23. The van der Waals surface area contributed by atoms with E-state index in [0.29, 0.717) is 11.6 Å². The Bertz CT molecular complexity index is 402. The summed E-state index contributed by atoms with van der Waals surface area (Å²) in [4.78, 5) is 15.2. The summed E-state index contributed by atoms with van der Waals surface area (Å²) < 4.78 is 0. The molecule has 2 unspecified atom stereocenters. The van der Waals surface area contributed by atoms with Crippen molar-refractivity contribution in [2.45, 2.75) is 45.1 Å². The highest BCUT2D eigenvalue weighted by atomic mass is 16.1. The van der Waals surface area contributed by atoms with Crippen molar-refractivity contribution in [1.29, 1.82) is 0 Å². The van der Waals surface area contributed by atoms with Gasteiger partial charge in [-0.15, -0.1) is 0 Å². The SMILES string of the molecule is CCC1CCCCC1Nc1ccc(C(N)=O)cn1. The van der Waals surface area contributed by atoms with Crippen LogP contribution in [0.1, 0.15) is 49.4 Å². The predicted molar refractivity (Wildman–Crippen MR) is 72.4 cm³/mol. The van der Waals surface area contributed by atoms with Gasteiger partial charge in [0.2, 0.25) is 5.91 Å². The first-order valence-corrected chi connectivity index (χ1v) is 6.73. The first kappa shape index (κ1) is 12.9. The average molecular weight is 247 g/mol. The summed E-state index contributed by atoms with van der Waals surface area (Å²) in [5.41, 5.74) is 5.65. The molecule has 2 rings (SSSR count). The fourth-order valence-corrected chi connectivity index (χ4v) is 2.70. The molecule has 18 heavy (non-hydrogen) atoms. The Hall–Kier alpha value is -1.58. The Morgan fingerprint density at radius 2 is 2.22 bits per heavy atom. The van der Waals surface area contributed by atoms with Gasteiger partial charge < -0.3 is 11.1 Å². The van der Waals surface area contributed by atoms with Crippen molar-refractivity contribution in [1.82, 2.24) is 4.98 Å². The normalized spacial score (nSPS) is 23.6. The molecular formula is C14H21N3O. The largest absolute Gasteiger partial charge is 0.367 e. The van der Waals surface area contributed by atoms with Gasteiger partial charge in [0.25, 0.3) is 0 Å². The van der Waals surface area contributed by atoms with Crippen molar-refractivity contribution in [2.24, 2.45) is 11.7 Å². The van der Waals surface area contributed by atoms with Crippen LogP contribution in [-0.4, -0.2) is 16.9 Å². The van der Waals surface area contributed by atoms with Crippen molar-refractivity contribution in [3.8, 4) is 0 Å². The van der Waals surface area contributed by atoms with E-state index in [1.807, 2.05) is 6.07 Å². The molecule has 1 fully saturated rings. The van der Waals surface area contributed by atoms with E-state index in [4.69, 9.17) is 5.73 Å². The third-order valence-corrected chi connectivity index (χ3v) is 3.81. The van der Waals surface area contributed by atoms with Gasteiger partial charge in [0.15, 0.2) is 0 Å². The number of amides is 1. The van der Waals surface area contributed by atoms with Crippen LogP contribution in [0.25, 0.3) is 0 Å². The summed E-state index contributed by atoms with van der Waals surface area (Å²) in [6, 6.07) is 4.07. The summed E-state index contributed by atoms with van der Waals surface area (Å²) in [5.74, 6) is 1.14. The molecule has 98 valence electrons. The molecule has 3 N–H and O–H groups in total. The van der Waals surface area contributed by atoms with Crippen molar-refractivity contribution >= 4 is 11.7 Å². The minimum Gasteiger partial charge on any atom is -0.367 e. The van der Waals surface area contributed by atoms with Crippen LogP contribution in [0.5, 0.6) is 0 Å². The first-order chi connectivity index (χ1) is 8.70. The van der Waals surface area contributed by atoms with Gasteiger partial charge in [0, 0.05) is 12.2 Å². The number of pyridine rings is 1. The number of primary amides is 1. The van der Waals surface area contributed by atoms with Gasteiger partial charge in [0.05, 0.1) is 5.56 Å². The number of carbonyl (C=O) groups excluding carboxylic acids is 1. The number of carbonyl (C=O) groups is 1. The molecule has 1 aliphatic rings. The molecule has 0 aliphatic heterocycles. The van der Waals surface area contributed by atoms with E-state index in [9.17, 15) is 4.79 Å². The van der Waals surface area contributed by atoms with E-state index in [0.717, 1.165) is 11.7 Å². The highest BCUT2D eigenvalue weighted by Crippen LogP contribution is 2.28. The van der Waals surface area contributed by atoms with E-state index in [1.54, 1.807) is 6.07 Å². The first-order valence-electron chi connectivity index (χ1n) is 6.73. The second-order valence-electron chi connectivity index (χ2n) is 5.00. The van der Waals surface area contributed by atoms with Crippen LogP contribution in [0.4, 0.5) is 5.82 Å². The molecule has 1 aliphatic carbocycles. The van der Waals surface area contributed by atoms with Crippen LogP contribution in [0.15, 0.2) is 18.3 Å². The molecule has 0 aromatic carbocycles. The number of anilines is 1. The molecule has 0 saturated heterocycles. The summed E-state index contributed by atoms with van der Waals surface area (Å²) >= 11 is 0. The maximum atomic E-state index is 11.0. The monoisotopic (exact) mass is 247 g/mol. The quantitative estimate of drug-likeness (QED) is 0.859. The van der Waals surface area contributed by atoms with Crippen molar-refractivity contribution in [3.63, 3.8) is 0 Å². The molecule has 4 heteroatoms. The smallest absolute Gasteiger partial charge is 0.250 e. The Labute approximate surface area is 108 Å². The standard InChI is InChI=1S/C14H21N3O/c1-2-10-5-3-4-6-12(10)17-13-8-7-11(9-16-13)14(15)18/h7-10,12H,2-6H2,1H3,(H2,15,18)(H,16,17). The summed E-state index contributed by atoms with van der Waals surface area (Å²) in [6.07, 6.45) is 7.87. The van der Waals surface area contributed by atoms with E-state index >= 15 is 0 Å². The van der Waals surface area contributed by atoms with Crippen LogP contribution < -0.4 is 11.1 Å². The number of hydrogen-bond donors (Lipinski definition) is 2. The van der Waals surface area contributed by atoms with E-state index in [1.165, 1.54) is 38.3 Å². The Balaban J connectivity index is 2.01. The Kier molecular flexibility index (Phi) is 4.18. The molecule has 1 aromatic heterocycles. The van der Waals surface area contributed by atoms with E-state index in [2.05, 4.69) is 17.2 Å². The Morgan fingerprint density at radius 1 is 1.44 bits per heavy atom. The summed E-state index contributed by atoms with van der Waals surface area (Å²) in [6.45, 7) is 2.24. The van der Waals surface area contributed by atoms with Gasteiger partial charge in [-0.2, -0.15) is 0 Å². The molecular weight excluding hydrogens is 226 g/mol. The number of nitrogens with one attached hydrogen (secondary N) is 1. The molecule has 0 bridgehead atoms. The predicted octanol–water partition coefficient (Wildman–Crippen LogP) is 2.56. The zero-order valence-electron chi connectivity index (χ0n) is 10.9. The molecule has 2 atom stereocenters. The van der Waals surface area contributed by atoms with Crippen molar-refractivity contribution < 1.29 is 4.79 Å². The third-order valence-electron chi connectivity index (χ3n) is 3.81. The summed E-state index contributed by atoms with van der Waals surface area (Å²) in [7, 11) is 0. The number of aromatic nitrogens is 1. The van der Waals surface area contributed by atoms with Crippen molar-refractivity contribution in [3.05, 3.63) is 23.9 Å². The average Bonchev–Trinajstić information content (AvgIpc) is 2.40. The molecule has 0 radical (unpaired) electrons. The van der Waals surface area contributed by atoms with Crippen LogP contribution in [0, 0.1) is 5.92 Å². The van der Waals surface area contributed by atoms with Crippen molar-refractivity contribution in [2.75, 3.05) is 5.32 Å². The topological polar surface area (TPSA) is 68.0 Å². The van der Waals surface area contributed by atoms with Gasteiger partial charge in [-0.1, -0.05) is 26.2 Å². The molecule has 4 nitrogen and oxygen atoms in total. The molecule has 0 spiro atoms.